The van der Waals surface area contributed by atoms with Crippen LogP contribution in [0.2, 0.25) is 0 Å². The molecule has 0 saturated carbocycles. The first-order valence-electron chi connectivity index (χ1n) is 16.8. The van der Waals surface area contributed by atoms with Gasteiger partial charge in [0.15, 0.2) is 23.3 Å². The summed E-state index contributed by atoms with van der Waals surface area (Å²) in [5, 5.41) is 10.6. The van der Waals surface area contributed by atoms with Gasteiger partial charge in [-0.1, -0.05) is 30.3 Å². The fourth-order valence-electron chi connectivity index (χ4n) is 6.79. The largest absolute Gasteiger partial charge is 0.487 e. The number of nitrogens with zero attached hydrogens (tertiary/aromatic N) is 3. The first kappa shape index (κ1) is 34.4. The summed E-state index contributed by atoms with van der Waals surface area (Å²) < 4.78 is 37.0. The number of ether oxygens (including phenoxy) is 3. The maximum Gasteiger partial charge on any atom is 0.337 e. The van der Waals surface area contributed by atoms with E-state index in [1.54, 1.807) is 6.07 Å². The third-order valence-corrected chi connectivity index (χ3v) is 10.3. The zero-order chi connectivity index (χ0) is 34.4. The van der Waals surface area contributed by atoms with Crippen LogP contribution >= 0.6 is 15.9 Å². The van der Waals surface area contributed by atoms with Crippen LogP contribution < -0.4 is 9.64 Å². The smallest absolute Gasteiger partial charge is 0.337 e. The van der Waals surface area contributed by atoms with Gasteiger partial charge in [-0.05, 0) is 113 Å². The quantitative estimate of drug-likeness (QED) is 0.226. The molecule has 0 amide bonds. The van der Waals surface area contributed by atoms with Gasteiger partial charge in [0.05, 0.1) is 27.5 Å². The number of hydrogen-bond acceptors (Lipinski definition) is 6. The fourth-order valence-corrected chi connectivity index (χ4v) is 7.29. The van der Waals surface area contributed by atoms with Crippen molar-refractivity contribution < 1.29 is 28.5 Å². The predicted molar refractivity (Wildman–Crippen MR) is 189 cm³/mol. The van der Waals surface area contributed by atoms with E-state index in [0.29, 0.717) is 46.6 Å². The number of benzene rings is 2. The molecule has 3 aliphatic rings. The van der Waals surface area contributed by atoms with Crippen molar-refractivity contribution in [3.63, 3.8) is 0 Å². The molecule has 8 nitrogen and oxygen atoms in total. The van der Waals surface area contributed by atoms with E-state index >= 15 is 4.39 Å². The normalized spacial score (nSPS) is 21.2. The van der Waals surface area contributed by atoms with Crippen LogP contribution in [-0.2, 0) is 14.3 Å². The minimum Gasteiger partial charge on any atom is -0.487 e. The maximum absolute atomic E-state index is 15.3. The number of carboxylic acid groups (broad SMARTS) is 1. The summed E-state index contributed by atoms with van der Waals surface area (Å²) in [6.45, 7) is 13.7. The molecule has 3 aliphatic heterocycles. The van der Waals surface area contributed by atoms with Gasteiger partial charge in [0, 0.05) is 42.6 Å². The Bertz CT molecular complexity index is 1830. The summed E-state index contributed by atoms with van der Waals surface area (Å²) in [5.74, 6) is -0.460. The Hall–Kier alpha value is -3.47. The van der Waals surface area contributed by atoms with Crippen molar-refractivity contribution in [2.75, 3.05) is 24.6 Å². The Morgan fingerprint density at radius 3 is 2.56 bits per heavy atom. The maximum atomic E-state index is 15.3. The molecule has 0 spiro atoms. The average molecular weight is 723 g/mol. The minimum atomic E-state index is -1.21. The van der Waals surface area contributed by atoms with Crippen molar-refractivity contribution in [3.05, 3.63) is 70.1 Å². The van der Waals surface area contributed by atoms with Gasteiger partial charge in [0.2, 0.25) is 0 Å². The molecule has 2 atom stereocenters. The molecular formula is C38H45BrFN3O5. The molecule has 1 fully saturated rings. The Labute approximate surface area is 290 Å². The number of aromatic nitrogens is 2. The highest BCUT2D eigenvalue weighted by atomic mass is 79.9. The number of rotatable bonds is 3. The van der Waals surface area contributed by atoms with Crippen LogP contribution in [0.15, 0.2) is 53.1 Å². The number of carboxylic acids is 1. The van der Waals surface area contributed by atoms with Gasteiger partial charge in [-0.25, -0.2) is 14.2 Å². The van der Waals surface area contributed by atoms with Crippen LogP contribution in [0, 0.1) is 12.7 Å². The molecule has 48 heavy (non-hydrogen) atoms. The lowest BCUT2D eigenvalue weighted by Crippen LogP contribution is -2.45. The molecular weight excluding hydrogens is 677 g/mol. The Balaban J connectivity index is 1.57. The second kappa shape index (κ2) is 13.4. The molecule has 4 aromatic rings. The minimum absolute atomic E-state index is 0.170. The number of aliphatic carboxylic acids is 1. The van der Waals surface area contributed by atoms with Crippen molar-refractivity contribution in [2.24, 2.45) is 0 Å². The first-order valence-corrected chi connectivity index (χ1v) is 17.6. The number of pyridine rings is 1. The van der Waals surface area contributed by atoms with Gasteiger partial charge in [0.1, 0.15) is 5.82 Å². The topological polar surface area (TPSA) is 85.5 Å². The molecule has 1 saturated heterocycles. The molecule has 0 unspecified atom stereocenters. The summed E-state index contributed by atoms with van der Waals surface area (Å²) >= 11 is 3.79. The molecule has 2 aromatic heterocycles. The molecule has 256 valence electrons. The summed E-state index contributed by atoms with van der Waals surface area (Å²) in [4.78, 5) is 20.3. The number of hydrogen-bond donors (Lipinski definition) is 1. The summed E-state index contributed by atoms with van der Waals surface area (Å²) in [6.07, 6.45) is 4.68. The van der Waals surface area contributed by atoms with Crippen LogP contribution in [0.4, 0.5) is 10.2 Å². The molecule has 1 N–H and O–H groups in total. The molecule has 0 radical (unpaired) electrons. The monoisotopic (exact) mass is 721 g/mol. The van der Waals surface area contributed by atoms with E-state index in [0.717, 1.165) is 54.6 Å². The highest BCUT2D eigenvalue weighted by molar-refractivity contribution is 9.10. The number of para-hydroxylation sites is 1. The highest BCUT2D eigenvalue weighted by Gasteiger charge is 2.38. The van der Waals surface area contributed by atoms with Gasteiger partial charge < -0.3 is 24.2 Å². The standard InChI is InChI=1S/C38H45BrFN3O5/c1-23-11-7-8-20-46-38(6)16-18-42(19-17-38)35-30(33(36(44)45)48-37(3,4)5)24(2)31(39)34-41-29(22-43(34)35)26-13-9-12-25(21-26)27-14-10-15-28(40)32(27)47-23/h9-10,12-15,21-23,33H,7-8,11,16-20H2,1-6H3,(H,44,45)/t23-,33+/m1/s1. The highest BCUT2D eigenvalue weighted by Crippen LogP contribution is 2.43. The van der Waals surface area contributed by atoms with Crippen molar-refractivity contribution in [2.45, 2.75) is 97.1 Å². The number of piperidine rings is 1. The number of fused-ring (bicyclic) bond motifs is 8. The number of anilines is 1. The third kappa shape index (κ3) is 6.98. The van der Waals surface area contributed by atoms with Crippen LogP contribution in [-0.4, -0.2) is 57.5 Å². The van der Waals surface area contributed by atoms with Crippen molar-refractivity contribution in [3.8, 4) is 28.1 Å². The second-order valence-electron chi connectivity index (χ2n) is 14.4. The van der Waals surface area contributed by atoms with Gasteiger partial charge in [0.25, 0.3) is 0 Å². The number of imidazole rings is 1. The Kier molecular flexibility index (Phi) is 9.63. The average Bonchev–Trinajstić information content (AvgIpc) is 3.48. The van der Waals surface area contributed by atoms with Gasteiger partial charge in [-0.3, -0.25) is 4.40 Å². The number of halogens is 2. The summed E-state index contributed by atoms with van der Waals surface area (Å²) in [5.41, 5.74) is 4.04. The Morgan fingerprint density at radius 1 is 1.15 bits per heavy atom. The van der Waals surface area contributed by atoms with Crippen LogP contribution in [0.5, 0.6) is 5.75 Å². The molecule has 0 aliphatic carbocycles. The third-order valence-electron chi connectivity index (χ3n) is 9.39. The molecule has 7 rings (SSSR count). The van der Waals surface area contributed by atoms with Crippen molar-refractivity contribution in [1.82, 2.24) is 9.38 Å². The van der Waals surface area contributed by atoms with Gasteiger partial charge in [-0.2, -0.15) is 0 Å². The van der Waals surface area contributed by atoms with E-state index < -0.39 is 23.5 Å². The van der Waals surface area contributed by atoms with E-state index in [9.17, 15) is 9.90 Å². The van der Waals surface area contributed by atoms with Gasteiger partial charge >= 0.3 is 5.97 Å². The lowest BCUT2D eigenvalue weighted by molar-refractivity contribution is -0.160. The lowest BCUT2D eigenvalue weighted by Gasteiger charge is -2.42. The lowest BCUT2D eigenvalue weighted by atomic mass is 9.92. The second-order valence-corrected chi connectivity index (χ2v) is 15.1. The van der Waals surface area contributed by atoms with E-state index in [4.69, 9.17) is 19.2 Å². The van der Waals surface area contributed by atoms with E-state index in [2.05, 4.69) is 27.8 Å². The van der Waals surface area contributed by atoms with Crippen molar-refractivity contribution >= 4 is 33.4 Å². The van der Waals surface area contributed by atoms with E-state index in [1.807, 2.05) is 75.5 Å². The van der Waals surface area contributed by atoms with E-state index in [1.165, 1.54) is 6.07 Å². The molecule has 6 bridgehead atoms. The van der Waals surface area contributed by atoms with Gasteiger partial charge in [-0.15, -0.1) is 0 Å². The summed E-state index contributed by atoms with van der Waals surface area (Å²) in [6, 6.07) is 12.9. The molecule has 10 heteroatoms. The SMILES string of the molecule is Cc1c([C@H](OC(C)(C)C)C(=O)O)c2n3cc(nc3c1Br)-c1cccc(c1)-c1cccc(F)c1O[C@H](C)CCCCOC1(C)CCN2CC1. The Morgan fingerprint density at radius 2 is 1.85 bits per heavy atom. The molecule has 2 aromatic carbocycles. The predicted octanol–water partition coefficient (Wildman–Crippen LogP) is 9.15. The van der Waals surface area contributed by atoms with Crippen LogP contribution in [0.25, 0.3) is 28.0 Å². The van der Waals surface area contributed by atoms with Crippen LogP contribution in [0.3, 0.4) is 0 Å². The zero-order valence-electron chi connectivity index (χ0n) is 28.6. The summed E-state index contributed by atoms with van der Waals surface area (Å²) in [7, 11) is 0. The molecule has 5 heterocycles. The fraction of sp³-hybridized carbons (Fsp3) is 0.474. The van der Waals surface area contributed by atoms with E-state index in [-0.39, 0.29) is 17.5 Å². The number of carbonyl (C=O) groups is 1. The van der Waals surface area contributed by atoms with Crippen LogP contribution in [0.1, 0.15) is 84.0 Å². The van der Waals surface area contributed by atoms with Crippen molar-refractivity contribution in [1.29, 1.82) is 0 Å². The first-order chi connectivity index (χ1) is 22.7. The zero-order valence-corrected chi connectivity index (χ0v) is 30.2.